The number of hydrogen-bond acceptors (Lipinski definition) is 5. The van der Waals surface area contributed by atoms with Gasteiger partial charge in [0.2, 0.25) is 0 Å². The maximum Gasteiger partial charge on any atom is 0.289 e. The Morgan fingerprint density at radius 2 is 2.23 bits per heavy atom. The second-order valence-corrected chi connectivity index (χ2v) is 7.26. The fourth-order valence-electron chi connectivity index (χ4n) is 4.11. The molecular formula is C19H26N4O3. The summed E-state index contributed by atoms with van der Waals surface area (Å²) in [6.45, 7) is 4.86. The highest BCUT2D eigenvalue weighted by Crippen LogP contribution is 2.28. The highest BCUT2D eigenvalue weighted by Gasteiger charge is 2.37. The maximum absolute atomic E-state index is 13.0. The zero-order valence-corrected chi connectivity index (χ0v) is 15.2. The van der Waals surface area contributed by atoms with Gasteiger partial charge >= 0.3 is 0 Å². The third kappa shape index (κ3) is 3.68. The number of carbonyl (C=O) groups excluding carboxylic acids is 1. The van der Waals surface area contributed by atoms with Gasteiger partial charge in [0.1, 0.15) is 5.76 Å². The maximum atomic E-state index is 13.0. The summed E-state index contributed by atoms with van der Waals surface area (Å²) in [7, 11) is 1.74. The first-order chi connectivity index (χ1) is 12.7. The third-order valence-electron chi connectivity index (χ3n) is 5.45. The lowest BCUT2D eigenvalue weighted by molar-refractivity contribution is 0.0687. The van der Waals surface area contributed by atoms with Gasteiger partial charge in [-0.25, -0.2) is 0 Å². The quantitative estimate of drug-likeness (QED) is 0.787. The SMILES string of the molecule is COCCN1C[C@H]2CC[C@@H]1CN(C(=O)c1ccc(Cn3cccn3)o1)C2. The summed E-state index contributed by atoms with van der Waals surface area (Å²) in [6.07, 6.45) is 5.96. The van der Waals surface area contributed by atoms with Crippen molar-refractivity contribution in [1.29, 1.82) is 0 Å². The minimum Gasteiger partial charge on any atom is -0.454 e. The molecule has 3 aliphatic rings. The summed E-state index contributed by atoms with van der Waals surface area (Å²) in [5.74, 6) is 1.71. The van der Waals surface area contributed by atoms with Gasteiger partial charge in [0, 0.05) is 51.7 Å². The van der Waals surface area contributed by atoms with Crippen molar-refractivity contribution < 1.29 is 13.9 Å². The second kappa shape index (κ2) is 7.63. The van der Waals surface area contributed by atoms with E-state index in [1.54, 1.807) is 24.1 Å². The molecule has 0 aromatic carbocycles. The van der Waals surface area contributed by atoms with Crippen molar-refractivity contribution in [1.82, 2.24) is 19.6 Å². The number of amides is 1. The van der Waals surface area contributed by atoms with Gasteiger partial charge in [0.05, 0.1) is 13.2 Å². The Labute approximate surface area is 153 Å². The Morgan fingerprint density at radius 3 is 3.04 bits per heavy atom. The summed E-state index contributed by atoms with van der Waals surface area (Å²) in [5, 5.41) is 4.17. The summed E-state index contributed by atoms with van der Waals surface area (Å²) < 4.78 is 12.8. The largest absolute Gasteiger partial charge is 0.454 e. The molecule has 2 aromatic heterocycles. The van der Waals surface area contributed by atoms with Crippen LogP contribution in [0.1, 0.15) is 29.2 Å². The molecule has 140 valence electrons. The molecule has 26 heavy (non-hydrogen) atoms. The first kappa shape index (κ1) is 17.3. The lowest BCUT2D eigenvalue weighted by atomic mass is 9.95. The molecule has 0 radical (unpaired) electrons. The van der Waals surface area contributed by atoms with Crippen LogP contribution in [0.15, 0.2) is 35.0 Å². The number of furan rings is 1. The minimum absolute atomic E-state index is 0.00204. The molecule has 7 heteroatoms. The van der Waals surface area contributed by atoms with Gasteiger partial charge in [-0.05, 0) is 37.0 Å². The normalized spacial score (nSPS) is 23.3. The standard InChI is InChI=1S/C19H26N4O3/c1-25-10-9-21-11-15-3-4-16(21)13-22(12-15)19(24)18-6-5-17(26-18)14-23-8-2-7-20-23/h2,5-8,15-16H,3-4,9-14H2,1H3/t15-,16-/m1/s1. The summed E-state index contributed by atoms with van der Waals surface area (Å²) in [5.41, 5.74) is 0. The number of fused-ring (bicyclic) bond motifs is 4. The average molecular weight is 358 g/mol. The molecule has 7 nitrogen and oxygen atoms in total. The molecule has 3 aliphatic heterocycles. The Morgan fingerprint density at radius 1 is 1.31 bits per heavy atom. The zero-order valence-electron chi connectivity index (χ0n) is 15.2. The van der Waals surface area contributed by atoms with Crippen molar-refractivity contribution in [3.8, 4) is 0 Å². The molecule has 2 atom stereocenters. The van der Waals surface area contributed by atoms with E-state index in [4.69, 9.17) is 9.15 Å². The van der Waals surface area contributed by atoms with Crippen molar-refractivity contribution in [2.24, 2.45) is 5.92 Å². The number of nitrogens with zero attached hydrogens (tertiary/aromatic N) is 4. The Kier molecular flexibility index (Phi) is 5.08. The van der Waals surface area contributed by atoms with Gasteiger partial charge in [-0.2, -0.15) is 5.10 Å². The van der Waals surface area contributed by atoms with Crippen LogP contribution in [0.25, 0.3) is 0 Å². The number of piperidine rings is 1. The second-order valence-electron chi connectivity index (χ2n) is 7.26. The predicted molar refractivity (Wildman–Crippen MR) is 95.9 cm³/mol. The van der Waals surface area contributed by atoms with Crippen molar-refractivity contribution in [2.75, 3.05) is 39.9 Å². The van der Waals surface area contributed by atoms with Crippen LogP contribution in [-0.4, -0.2) is 71.4 Å². The van der Waals surface area contributed by atoms with Crippen LogP contribution in [-0.2, 0) is 11.3 Å². The molecule has 3 fully saturated rings. The lowest BCUT2D eigenvalue weighted by Gasteiger charge is -2.35. The molecular weight excluding hydrogens is 332 g/mol. The molecule has 0 N–H and O–H groups in total. The molecule has 2 bridgehead atoms. The van der Waals surface area contributed by atoms with Crippen molar-refractivity contribution >= 4 is 5.91 Å². The van der Waals surface area contributed by atoms with E-state index < -0.39 is 0 Å². The van der Waals surface area contributed by atoms with E-state index in [1.807, 2.05) is 23.2 Å². The van der Waals surface area contributed by atoms with Crippen LogP contribution >= 0.6 is 0 Å². The van der Waals surface area contributed by atoms with E-state index in [0.29, 0.717) is 24.3 Å². The predicted octanol–water partition coefficient (Wildman–Crippen LogP) is 1.71. The van der Waals surface area contributed by atoms with E-state index in [9.17, 15) is 4.79 Å². The van der Waals surface area contributed by atoms with Crippen LogP contribution in [0.3, 0.4) is 0 Å². The van der Waals surface area contributed by atoms with Crippen LogP contribution in [0.2, 0.25) is 0 Å². The average Bonchev–Trinajstić information content (AvgIpc) is 3.25. The van der Waals surface area contributed by atoms with Crippen LogP contribution in [0.5, 0.6) is 0 Å². The van der Waals surface area contributed by atoms with Gasteiger partial charge in [0.25, 0.3) is 5.91 Å². The van der Waals surface area contributed by atoms with Crippen LogP contribution in [0.4, 0.5) is 0 Å². The molecule has 5 heterocycles. The highest BCUT2D eigenvalue weighted by molar-refractivity contribution is 5.91. The minimum atomic E-state index is 0.00204. The van der Waals surface area contributed by atoms with E-state index in [1.165, 1.54) is 6.42 Å². The molecule has 5 rings (SSSR count). The smallest absolute Gasteiger partial charge is 0.289 e. The monoisotopic (exact) mass is 358 g/mol. The van der Waals surface area contributed by atoms with Gasteiger partial charge in [-0.15, -0.1) is 0 Å². The molecule has 0 unspecified atom stereocenters. The molecule has 0 saturated carbocycles. The van der Waals surface area contributed by atoms with E-state index >= 15 is 0 Å². The molecule has 0 spiro atoms. The number of hydrogen-bond donors (Lipinski definition) is 0. The summed E-state index contributed by atoms with van der Waals surface area (Å²) in [6, 6.07) is 5.95. The van der Waals surface area contributed by atoms with Gasteiger partial charge < -0.3 is 14.1 Å². The molecule has 0 aliphatic carbocycles. The summed E-state index contributed by atoms with van der Waals surface area (Å²) >= 11 is 0. The van der Waals surface area contributed by atoms with Gasteiger partial charge in [-0.1, -0.05) is 0 Å². The van der Waals surface area contributed by atoms with Crippen LogP contribution in [0, 0.1) is 5.92 Å². The van der Waals surface area contributed by atoms with E-state index in [2.05, 4.69) is 10.00 Å². The van der Waals surface area contributed by atoms with E-state index in [-0.39, 0.29) is 5.91 Å². The topological polar surface area (TPSA) is 63.7 Å². The van der Waals surface area contributed by atoms with Gasteiger partial charge in [-0.3, -0.25) is 14.4 Å². The van der Waals surface area contributed by atoms with Crippen LogP contribution < -0.4 is 0 Å². The van der Waals surface area contributed by atoms with Crippen molar-refractivity contribution in [3.63, 3.8) is 0 Å². The third-order valence-corrected chi connectivity index (χ3v) is 5.45. The van der Waals surface area contributed by atoms with Crippen molar-refractivity contribution in [2.45, 2.75) is 25.4 Å². The molecule has 3 saturated heterocycles. The number of ether oxygens (including phenoxy) is 1. The fourth-order valence-corrected chi connectivity index (χ4v) is 4.11. The molecule has 2 aromatic rings. The number of methoxy groups -OCH3 is 1. The summed E-state index contributed by atoms with van der Waals surface area (Å²) in [4.78, 5) is 17.4. The Bertz CT molecular complexity index is 727. The molecule has 1 amide bonds. The first-order valence-corrected chi connectivity index (χ1v) is 9.31. The number of aromatic nitrogens is 2. The number of carbonyl (C=O) groups is 1. The van der Waals surface area contributed by atoms with E-state index in [0.717, 1.165) is 45.0 Å². The zero-order chi connectivity index (χ0) is 17.9. The fraction of sp³-hybridized carbons (Fsp3) is 0.579. The Hall–Kier alpha value is -2.12. The lowest BCUT2D eigenvalue weighted by Crippen LogP contribution is -2.45. The highest BCUT2D eigenvalue weighted by atomic mass is 16.5. The van der Waals surface area contributed by atoms with Crippen molar-refractivity contribution in [3.05, 3.63) is 42.1 Å². The number of rotatable bonds is 6. The Balaban J connectivity index is 1.43. The first-order valence-electron chi connectivity index (χ1n) is 9.31. The van der Waals surface area contributed by atoms with Gasteiger partial charge in [0.15, 0.2) is 5.76 Å².